The fraction of sp³-hybridized carbons (Fsp3) is 0.385. The third-order valence-corrected chi connectivity index (χ3v) is 4.06. The maximum absolute atomic E-state index is 12.0. The van der Waals surface area contributed by atoms with Crippen LogP contribution in [0.1, 0.15) is 18.4 Å². The highest BCUT2D eigenvalue weighted by atomic mass is 35.5. The molecule has 6 heteroatoms. The molecule has 1 aromatic rings. The number of nitrogens with two attached hydrogens (primary N) is 1. The summed E-state index contributed by atoms with van der Waals surface area (Å²) in [6, 6.07) is 4.96. The third-order valence-electron chi connectivity index (χ3n) is 3.07. The van der Waals surface area contributed by atoms with E-state index >= 15 is 0 Å². The van der Waals surface area contributed by atoms with Crippen LogP contribution < -0.4 is 11.1 Å². The summed E-state index contributed by atoms with van der Waals surface area (Å²) in [5.41, 5.74) is 6.45. The molecule has 19 heavy (non-hydrogen) atoms. The molecule has 0 aromatic heterocycles. The molecule has 0 saturated heterocycles. The van der Waals surface area contributed by atoms with E-state index in [1.165, 1.54) is 0 Å². The molecule has 1 fully saturated rings. The summed E-state index contributed by atoms with van der Waals surface area (Å²) < 4.78 is 0. The molecule has 1 atom stereocenters. The predicted molar refractivity (Wildman–Crippen MR) is 81.6 cm³/mol. The van der Waals surface area contributed by atoms with Crippen LogP contribution in [-0.4, -0.2) is 16.9 Å². The highest BCUT2D eigenvalue weighted by molar-refractivity contribution is 7.80. The minimum absolute atomic E-state index is 0.108. The summed E-state index contributed by atoms with van der Waals surface area (Å²) in [6.07, 6.45) is 2.37. The molecule has 0 radical (unpaired) electrons. The molecule has 1 saturated carbocycles. The second-order valence-corrected chi connectivity index (χ2v) is 6.00. The molecule has 0 bridgehead atoms. The molecular formula is C13H14Cl2N2OS. The summed E-state index contributed by atoms with van der Waals surface area (Å²) in [5, 5.41) is 3.80. The summed E-state index contributed by atoms with van der Waals surface area (Å²) in [5.74, 6) is 0.290. The van der Waals surface area contributed by atoms with E-state index in [4.69, 9.17) is 41.2 Å². The molecule has 102 valence electrons. The Kier molecular flexibility index (Phi) is 4.66. The molecule has 1 aliphatic rings. The Labute approximate surface area is 127 Å². The zero-order chi connectivity index (χ0) is 14.0. The average molecular weight is 317 g/mol. The van der Waals surface area contributed by atoms with Crippen molar-refractivity contribution < 1.29 is 4.79 Å². The van der Waals surface area contributed by atoms with Crippen molar-refractivity contribution in [1.82, 2.24) is 5.32 Å². The van der Waals surface area contributed by atoms with Gasteiger partial charge in [0.25, 0.3) is 0 Å². The second kappa shape index (κ2) is 6.07. The van der Waals surface area contributed by atoms with Gasteiger partial charge in [0, 0.05) is 0 Å². The SMILES string of the molecule is NC(=S)C(NC(=O)Cc1ccc(Cl)c(Cl)c1)C1CC1. The zero-order valence-electron chi connectivity index (χ0n) is 10.2. The molecule has 0 spiro atoms. The van der Waals surface area contributed by atoms with Crippen molar-refractivity contribution in [2.75, 3.05) is 0 Å². The Morgan fingerprint density at radius 3 is 2.63 bits per heavy atom. The van der Waals surface area contributed by atoms with Gasteiger partial charge in [-0.1, -0.05) is 41.5 Å². The van der Waals surface area contributed by atoms with E-state index in [0.717, 1.165) is 18.4 Å². The van der Waals surface area contributed by atoms with Gasteiger partial charge in [0.2, 0.25) is 5.91 Å². The van der Waals surface area contributed by atoms with Crippen molar-refractivity contribution in [1.29, 1.82) is 0 Å². The first-order valence-corrected chi connectivity index (χ1v) is 7.16. The van der Waals surface area contributed by atoms with Gasteiger partial charge in [0.15, 0.2) is 0 Å². The van der Waals surface area contributed by atoms with Gasteiger partial charge >= 0.3 is 0 Å². The maximum Gasteiger partial charge on any atom is 0.224 e. The minimum Gasteiger partial charge on any atom is -0.392 e. The molecule has 2 rings (SSSR count). The van der Waals surface area contributed by atoms with Crippen molar-refractivity contribution in [3.05, 3.63) is 33.8 Å². The van der Waals surface area contributed by atoms with Gasteiger partial charge in [-0.2, -0.15) is 0 Å². The molecule has 1 aliphatic carbocycles. The van der Waals surface area contributed by atoms with Gasteiger partial charge in [-0.05, 0) is 36.5 Å². The Hall–Kier alpha value is -0.840. The number of carbonyl (C=O) groups excluding carboxylic acids is 1. The Morgan fingerprint density at radius 2 is 2.11 bits per heavy atom. The lowest BCUT2D eigenvalue weighted by Crippen LogP contribution is -2.45. The van der Waals surface area contributed by atoms with E-state index in [2.05, 4.69) is 5.32 Å². The van der Waals surface area contributed by atoms with Crippen LogP contribution in [0.5, 0.6) is 0 Å². The molecule has 0 heterocycles. The van der Waals surface area contributed by atoms with Gasteiger partial charge in [-0.3, -0.25) is 4.79 Å². The first kappa shape index (κ1) is 14.6. The van der Waals surface area contributed by atoms with E-state index in [1.54, 1.807) is 18.2 Å². The average Bonchev–Trinajstić information content (AvgIpc) is 3.14. The van der Waals surface area contributed by atoms with Crippen LogP contribution >= 0.6 is 35.4 Å². The highest BCUT2D eigenvalue weighted by Gasteiger charge is 2.34. The standard InChI is InChI=1S/C13H14Cl2N2OS/c14-9-4-1-7(5-10(9)15)6-11(18)17-12(13(16)19)8-2-3-8/h1,4-5,8,12H,2-3,6H2,(H2,16,19)(H,17,18). The van der Waals surface area contributed by atoms with Crippen LogP contribution in [0.25, 0.3) is 0 Å². The van der Waals surface area contributed by atoms with Gasteiger partial charge in [-0.15, -0.1) is 0 Å². The molecule has 3 nitrogen and oxygen atoms in total. The van der Waals surface area contributed by atoms with E-state index in [9.17, 15) is 4.79 Å². The number of carbonyl (C=O) groups is 1. The molecule has 0 aliphatic heterocycles. The zero-order valence-corrected chi connectivity index (χ0v) is 12.5. The van der Waals surface area contributed by atoms with Crippen LogP contribution in [0.2, 0.25) is 10.0 Å². The first-order chi connectivity index (χ1) is 8.97. The van der Waals surface area contributed by atoms with E-state index in [1.807, 2.05) is 0 Å². The van der Waals surface area contributed by atoms with Crippen molar-refractivity contribution >= 4 is 46.3 Å². The number of amides is 1. The quantitative estimate of drug-likeness (QED) is 0.821. The summed E-state index contributed by atoms with van der Waals surface area (Å²) in [4.78, 5) is 12.3. The first-order valence-electron chi connectivity index (χ1n) is 6.00. The van der Waals surface area contributed by atoms with Crippen LogP contribution in [0, 0.1) is 5.92 Å². The number of benzene rings is 1. The number of halogens is 2. The predicted octanol–water partition coefficient (Wildman–Crippen LogP) is 2.72. The van der Waals surface area contributed by atoms with Gasteiger partial charge in [0.05, 0.1) is 27.5 Å². The van der Waals surface area contributed by atoms with E-state index in [0.29, 0.717) is 21.0 Å². The lowest BCUT2D eigenvalue weighted by atomic mass is 10.1. The van der Waals surface area contributed by atoms with E-state index in [-0.39, 0.29) is 18.4 Å². The number of hydrogen-bond acceptors (Lipinski definition) is 2. The van der Waals surface area contributed by atoms with Crippen molar-refractivity contribution in [2.45, 2.75) is 25.3 Å². The van der Waals surface area contributed by atoms with Crippen LogP contribution in [0.15, 0.2) is 18.2 Å². The number of rotatable bonds is 5. The monoisotopic (exact) mass is 316 g/mol. The van der Waals surface area contributed by atoms with Crippen LogP contribution in [0.4, 0.5) is 0 Å². The Bertz CT molecular complexity index is 517. The molecule has 3 N–H and O–H groups in total. The van der Waals surface area contributed by atoms with Gasteiger partial charge in [0.1, 0.15) is 0 Å². The summed E-state index contributed by atoms with van der Waals surface area (Å²) in [6.45, 7) is 0. The maximum atomic E-state index is 12.0. The molecular weight excluding hydrogens is 303 g/mol. The smallest absolute Gasteiger partial charge is 0.224 e. The summed E-state index contributed by atoms with van der Waals surface area (Å²) >= 11 is 16.7. The highest BCUT2D eigenvalue weighted by Crippen LogP contribution is 2.32. The number of nitrogens with one attached hydrogen (secondary N) is 1. The van der Waals surface area contributed by atoms with Crippen LogP contribution in [0.3, 0.4) is 0 Å². The van der Waals surface area contributed by atoms with Gasteiger partial charge in [-0.25, -0.2) is 0 Å². The molecule has 1 amide bonds. The van der Waals surface area contributed by atoms with Crippen molar-refractivity contribution in [2.24, 2.45) is 11.7 Å². The normalized spacial score (nSPS) is 15.9. The lowest BCUT2D eigenvalue weighted by molar-refractivity contribution is -0.120. The summed E-state index contributed by atoms with van der Waals surface area (Å²) in [7, 11) is 0. The number of thiocarbonyl (C=S) groups is 1. The molecule has 1 unspecified atom stereocenters. The Balaban J connectivity index is 1.96. The van der Waals surface area contributed by atoms with Crippen molar-refractivity contribution in [3.8, 4) is 0 Å². The Morgan fingerprint density at radius 1 is 1.42 bits per heavy atom. The second-order valence-electron chi connectivity index (χ2n) is 4.71. The largest absolute Gasteiger partial charge is 0.392 e. The fourth-order valence-corrected chi connectivity index (χ4v) is 2.48. The number of hydrogen-bond donors (Lipinski definition) is 2. The fourth-order valence-electron chi connectivity index (χ4n) is 1.91. The van der Waals surface area contributed by atoms with Gasteiger partial charge < -0.3 is 11.1 Å². The van der Waals surface area contributed by atoms with Crippen LogP contribution in [-0.2, 0) is 11.2 Å². The topological polar surface area (TPSA) is 55.1 Å². The minimum atomic E-state index is -0.190. The lowest BCUT2D eigenvalue weighted by Gasteiger charge is -2.16. The molecule has 1 aromatic carbocycles. The third kappa shape index (κ3) is 4.06. The van der Waals surface area contributed by atoms with Crippen molar-refractivity contribution in [3.63, 3.8) is 0 Å². The van der Waals surface area contributed by atoms with E-state index < -0.39 is 0 Å².